The Bertz CT molecular complexity index is 342. The van der Waals surface area contributed by atoms with Crippen LogP contribution >= 0.6 is 0 Å². The number of carbonyl (C=O) groups is 2. The van der Waals surface area contributed by atoms with Crippen molar-refractivity contribution in [1.29, 1.82) is 0 Å². The molecule has 0 aromatic heterocycles. The van der Waals surface area contributed by atoms with E-state index in [1.807, 2.05) is 0 Å². The lowest BCUT2D eigenvalue weighted by Crippen LogP contribution is -2.45. The average Bonchev–Trinajstić information content (AvgIpc) is 2.34. The Balaban J connectivity index is 2.45. The Morgan fingerprint density at radius 2 is 1.85 bits per heavy atom. The van der Waals surface area contributed by atoms with Gasteiger partial charge in [0.25, 0.3) is 0 Å². The molecule has 0 saturated carbocycles. The Hall–Kier alpha value is -1.10. The number of piperidine rings is 1. The molecule has 1 saturated heterocycles. The highest BCUT2D eigenvalue weighted by Gasteiger charge is 2.37. The number of carboxylic acids is 1. The molecule has 1 atom stereocenters. The number of hydrogen-bond acceptors (Lipinski definition) is 3. The van der Waals surface area contributed by atoms with Crippen molar-refractivity contribution in [1.82, 2.24) is 10.2 Å². The molecule has 1 unspecified atom stereocenters. The zero-order valence-corrected chi connectivity index (χ0v) is 13.1. The monoisotopic (exact) mass is 284 g/mol. The molecule has 0 spiro atoms. The molecule has 1 amide bonds. The van der Waals surface area contributed by atoms with Crippen LogP contribution in [-0.2, 0) is 9.59 Å². The zero-order valence-electron chi connectivity index (χ0n) is 13.1. The lowest BCUT2D eigenvalue weighted by molar-refractivity contribution is -0.151. The molecular formula is C15H28N2O3. The lowest BCUT2D eigenvalue weighted by atomic mass is 9.80. The maximum atomic E-state index is 12.1. The van der Waals surface area contributed by atoms with Gasteiger partial charge in [-0.05, 0) is 43.8 Å². The highest BCUT2D eigenvalue weighted by molar-refractivity contribution is 5.97. The smallest absolute Gasteiger partial charge is 0.316 e. The molecule has 0 radical (unpaired) electrons. The summed E-state index contributed by atoms with van der Waals surface area (Å²) in [5, 5.41) is 12.1. The summed E-state index contributed by atoms with van der Waals surface area (Å²) in [6.07, 6.45) is 2.14. The van der Waals surface area contributed by atoms with Gasteiger partial charge in [0.1, 0.15) is 5.92 Å². The zero-order chi connectivity index (χ0) is 15.3. The van der Waals surface area contributed by atoms with E-state index in [4.69, 9.17) is 0 Å². The van der Waals surface area contributed by atoms with E-state index in [9.17, 15) is 14.7 Å². The molecule has 5 nitrogen and oxygen atoms in total. The second-order valence-electron chi connectivity index (χ2n) is 6.76. The SMILES string of the molecule is CCN1CCC(CNC(=O)C(C(=O)O)C(C)(C)C)CC1. The van der Waals surface area contributed by atoms with E-state index in [1.165, 1.54) is 0 Å². The third-order valence-electron chi connectivity index (χ3n) is 4.09. The predicted octanol–water partition coefficient (Wildman–Crippen LogP) is 1.58. The first-order chi connectivity index (χ1) is 9.25. The van der Waals surface area contributed by atoms with Crippen molar-refractivity contribution in [2.45, 2.75) is 40.5 Å². The summed E-state index contributed by atoms with van der Waals surface area (Å²) in [6.45, 7) is 11.3. The van der Waals surface area contributed by atoms with Crippen molar-refractivity contribution in [3.63, 3.8) is 0 Å². The van der Waals surface area contributed by atoms with Crippen molar-refractivity contribution in [2.24, 2.45) is 17.3 Å². The molecular weight excluding hydrogens is 256 g/mol. The maximum Gasteiger partial charge on any atom is 0.316 e. The highest BCUT2D eigenvalue weighted by Crippen LogP contribution is 2.26. The number of carbonyl (C=O) groups excluding carboxylic acids is 1. The number of nitrogens with one attached hydrogen (secondary N) is 1. The van der Waals surface area contributed by atoms with Gasteiger partial charge in [-0.15, -0.1) is 0 Å². The van der Waals surface area contributed by atoms with E-state index in [2.05, 4.69) is 17.1 Å². The molecule has 0 aliphatic carbocycles. The molecule has 1 heterocycles. The van der Waals surface area contributed by atoms with Crippen LogP contribution in [0.1, 0.15) is 40.5 Å². The summed E-state index contributed by atoms with van der Waals surface area (Å²) >= 11 is 0. The summed E-state index contributed by atoms with van der Waals surface area (Å²) < 4.78 is 0. The van der Waals surface area contributed by atoms with Crippen LogP contribution in [0.15, 0.2) is 0 Å². The normalized spacial score (nSPS) is 19.6. The quantitative estimate of drug-likeness (QED) is 0.752. The third-order valence-corrected chi connectivity index (χ3v) is 4.09. The van der Waals surface area contributed by atoms with Crippen LogP contribution in [0, 0.1) is 17.3 Å². The predicted molar refractivity (Wildman–Crippen MR) is 78.4 cm³/mol. The standard InChI is InChI=1S/C15H28N2O3/c1-5-17-8-6-11(7-9-17)10-16-13(18)12(14(19)20)15(2,3)4/h11-12H,5-10H2,1-4H3,(H,16,18)(H,19,20). The van der Waals surface area contributed by atoms with Gasteiger partial charge in [-0.2, -0.15) is 0 Å². The van der Waals surface area contributed by atoms with Gasteiger partial charge in [-0.1, -0.05) is 27.7 Å². The molecule has 0 aromatic carbocycles. The van der Waals surface area contributed by atoms with Crippen molar-refractivity contribution < 1.29 is 14.7 Å². The summed E-state index contributed by atoms with van der Waals surface area (Å²) in [4.78, 5) is 25.7. The van der Waals surface area contributed by atoms with Crippen molar-refractivity contribution in [3.05, 3.63) is 0 Å². The summed E-state index contributed by atoms with van der Waals surface area (Å²) in [5.41, 5.74) is -0.568. The van der Waals surface area contributed by atoms with E-state index >= 15 is 0 Å². The minimum absolute atomic E-state index is 0.358. The Kier molecular flexibility index (Phi) is 5.99. The van der Waals surface area contributed by atoms with E-state index in [-0.39, 0.29) is 5.91 Å². The first-order valence-electron chi connectivity index (χ1n) is 7.48. The van der Waals surface area contributed by atoms with E-state index < -0.39 is 17.3 Å². The summed E-state index contributed by atoms with van der Waals surface area (Å²) in [7, 11) is 0. The lowest BCUT2D eigenvalue weighted by Gasteiger charge is -2.32. The highest BCUT2D eigenvalue weighted by atomic mass is 16.4. The van der Waals surface area contributed by atoms with Gasteiger partial charge in [0, 0.05) is 6.54 Å². The molecule has 0 bridgehead atoms. The second-order valence-corrected chi connectivity index (χ2v) is 6.76. The van der Waals surface area contributed by atoms with Gasteiger partial charge >= 0.3 is 5.97 Å². The number of hydrogen-bond donors (Lipinski definition) is 2. The molecule has 0 aromatic rings. The molecule has 1 aliphatic rings. The number of carboxylic acid groups (broad SMARTS) is 1. The maximum absolute atomic E-state index is 12.1. The first-order valence-corrected chi connectivity index (χ1v) is 7.48. The number of rotatable bonds is 5. The minimum atomic E-state index is -1.05. The van der Waals surface area contributed by atoms with E-state index in [0.29, 0.717) is 12.5 Å². The van der Waals surface area contributed by atoms with Gasteiger partial charge in [-0.3, -0.25) is 9.59 Å². The van der Waals surface area contributed by atoms with Gasteiger partial charge in [0.15, 0.2) is 0 Å². The third kappa shape index (κ3) is 4.78. The number of likely N-dealkylation sites (tertiary alicyclic amines) is 1. The van der Waals surface area contributed by atoms with Gasteiger partial charge in [0.2, 0.25) is 5.91 Å². The number of nitrogens with zero attached hydrogens (tertiary/aromatic N) is 1. The van der Waals surface area contributed by atoms with Crippen LogP contribution in [-0.4, -0.2) is 48.1 Å². The number of amides is 1. The molecule has 1 rings (SSSR count). The van der Waals surface area contributed by atoms with E-state index in [1.54, 1.807) is 20.8 Å². The second kappa shape index (κ2) is 7.07. The fourth-order valence-corrected chi connectivity index (χ4v) is 2.73. The molecule has 116 valence electrons. The fourth-order valence-electron chi connectivity index (χ4n) is 2.73. The first kappa shape index (κ1) is 17.0. The van der Waals surface area contributed by atoms with Crippen LogP contribution in [0.5, 0.6) is 0 Å². The Morgan fingerprint density at radius 1 is 1.30 bits per heavy atom. The average molecular weight is 284 g/mol. The summed E-state index contributed by atoms with van der Waals surface area (Å²) in [6, 6.07) is 0. The van der Waals surface area contributed by atoms with Gasteiger partial charge < -0.3 is 15.3 Å². The van der Waals surface area contributed by atoms with Crippen molar-refractivity contribution in [3.8, 4) is 0 Å². The molecule has 2 N–H and O–H groups in total. The molecule has 1 fully saturated rings. The van der Waals surface area contributed by atoms with Crippen LogP contribution in [0.25, 0.3) is 0 Å². The van der Waals surface area contributed by atoms with Crippen LogP contribution in [0.3, 0.4) is 0 Å². The largest absolute Gasteiger partial charge is 0.481 e. The Labute approximate surface area is 121 Å². The molecule has 5 heteroatoms. The molecule has 1 aliphatic heterocycles. The van der Waals surface area contributed by atoms with Crippen LogP contribution < -0.4 is 5.32 Å². The molecule has 20 heavy (non-hydrogen) atoms. The van der Waals surface area contributed by atoms with Crippen LogP contribution in [0.4, 0.5) is 0 Å². The fraction of sp³-hybridized carbons (Fsp3) is 0.867. The topological polar surface area (TPSA) is 69.6 Å². The van der Waals surface area contributed by atoms with Crippen molar-refractivity contribution in [2.75, 3.05) is 26.2 Å². The van der Waals surface area contributed by atoms with Crippen molar-refractivity contribution >= 4 is 11.9 Å². The minimum Gasteiger partial charge on any atom is -0.481 e. The van der Waals surface area contributed by atoms with Gasteiger partial charge in [-0.25, -0.2) is 0 Å². The Morgan fingerprint density at radius 3 is 2.25 bits per heavy atom. The number of aliphatic carboxylic acids is 1. The van der Waals surface area contributed by atoms with E-state index in [0.717, 1.165) is 32.5 Å². The summed E-state index contributed by atoms with van der Waals surface area (Å²) in [5.74, 6) is -1.92. The van der Waals surface area contributed by atoms with Gasteiger partial charge in [0.05, 0.1) is 0 Å². The van der Waals surface area contributed by atoms with Crippen LogP contribution in [0.2, 0.25) is 0 Å².